The second-order valence-electron chi connectivity index (χ2n) is 12.4. The molecule has 15 nitrogen and oxygen atoms in total. The normalized spacial score (nSPS) is 12.4. The molecule has 6 aromatic rings. The second kappa shape index (κ2) is 18.7. The van der Waals surface area contributed by atoms with E-state index in [0.717, 1.165) is 16.8 Å². The van der Waals surface area contributed by atoms with Crippen LogP contribution in [0.5, 0.6) is 11.5 Å². The summed E-state index contributed by atoms with van der Waals surface area (Å²) in [5, 5.41) is 1.83. The predicted octanol–water partition coefficient (Wildman–Crippen LogP) is 4.71. The van der Waals surface area contributed by atoms with Crippen molar-refractivity contribution in [1.29, 1.82) is 0 Å². The lowest BCUT2D eigenvalue weighted by Gasteiger charge is -2.36. The molecule has 1 fully saturated rings. The third-order valence-electron chi connectivity index (χ3n) is 7.79. The fourth-order valence-corrected chi connectivity index (χ4v) is 5.77. The van der Waals surface area contributed by atoms with Gasteiger partial charge in [-0.1, -0.05) is 23.2 Å². The maximum Gasteiger partial charge on any atom is 0.410 e. The van der Waals surface area contributed by atoms with Gasteiger partial charge >= 0.3 is 6.09 Å². The van der Waals surface area contributed by atoms with Gasteiger partial charge < -0.3 is 29.0 Å². The third-order valence-corrected chi connectivity index (χ3v) is 8.20. The summed E-state index contributed by atoms with van der Waals surface area (Å²) in [5.74, 6) is 2.62. The number of methoxy groups -OCH3 is 2. The van der Waals surface area contributed by atoms with Gasteiger partial charge in [0.15, 0.2) is 11.6 Å². The molecule has 0 saturated carbocycles. The summed E-state index contributed by atoms with van der Waals surface area (Å²) >= 11 is 11.9. The molecule has 1 aliphatic rings. The first-order valence-electron chi connectivity index (χ1n) is 16.4. The monoisotopic (exact) mass is 777 g/mol. The van der Waals surface area contributed by atoms with Crippen molar-refractivity contribution in [2.24, 2.45) is 0 Å². The van der Waals surface area contributed by atoms with Crippen LogP contribution in [0.2, 0.25) is 10.3 Å². The van der Waals surface area contributed by atoms with Crippen LogP contribution in [-0.2, 0) is 4.74 Å². The van der Waals surface area contributed by atoms with Crippen molar-refractivity contribution in [3.05, 3.63) is 82.1 Å². The number of halogens is 2. The molecule has 0 aliphatic carbocycles. The first kappa shape index (κ1) is 42.3. The number of carbonyl (C=O) groups excluding carboxylic acids is 1. The minimum Gasteiger partial charge on any atom is -0.494 e. The number of fused-ring (bicyclic) bond motifs is 2. The second-order valence-corrected chi connectivity index (χ2v) is 13.2. The zero-order valence-electron chi connectivity index (χ0n) is 30.7. The van der Waals surface area contributed by atoms with E-state index >= 15 is 0 Å². The molecule has 1 aliphatic heterocycles. The number of H-pyrrole nitrogens is 1. The summed E-state index contributed by atoms with van der Waals surface area (Å²) in [6.07, 6.45) is 9.18. The number of anilines is 1. The zero-order chi connectivity index (χ0) is 39.0. The van der Waals surface area contributed by atoms with Gasteiger partial charge in [-0.05, 0) is 45.0 Å². The summed E-state index contributed by atoms with van der Waals surface area (Å²) in [6, 6.07) is 6.87. The van der Waals surface area contributed by atoms with E-state index < -0.39 is 5.60 Å². The highest BCUT2D eigenvalue weighted by atomic mass is 35.5. The average molecular weight is 778 g/mol. The minimum absolute atomic E-state index is 0. The summed E-state index contributed by atoms with van der Waals surface area (Å²) in [6.45, 7) is 7.80. The maximum absolute atomic E-state index is 12.5. The Kier molecular flexibility index (Phi) is 14.4. The molecular weight excluding hydrogens is 744 g/mol. The van der Waals surface area contributed by atoms with E-state index in [9.17, 15) is 9.59 Å². The Balaban J connectivity index is 0.000000252. The number of aromatic amines is 1. The van der Waals surface area contributed by atoms with Crippen LogP contribution in [0, 0.1) is 0 Å². The topological polar surface area (TPSA) is 174 Å². The van der Waals surface area contributed by atoms with Crippen LogP contribution >= 0.6 is 23.2 Å². The van der Waals surface area contributed by atoms with E-state index in [1.165, 1.54) is 19.5 Å². The molecule has 0 unspecified atom stereocenters. The van der Waals surface area contributed by atoms with E-state index in [1.807, 2.05) is 26.8 Å². The Morgan fingerprint density at radius 3 is 1.91 bits per heavy atom. The number of nitrogens with zero attached hydrogens (tertiary/aromatic N) is 9. The summed E-state index contributed by atoms with van der Waals surface area (Å²) in [4.78, 5) is 61.3. The van der Waals surface area contributed by atoms with Gasteiger partial charge in [0.2, 0.25) is 0 Å². The molecule has 0 atom stereocenters. The highest BCUT2D eigenvalue weighted by molar-refractivity contribution is 6.75. The number of pyridine rings is 4. The number of amides is 1. The van der Waals surface area contributed by atoms with E-state index in [0.29, 0.717) is 81.6 Å². The van der Waals surface area contributed by atoms with Gasteiger partial charge in [0, 0.05) is 73.6 Å². The van der Waals surface area contributed by atoms with E-state index in [-0.39, 0.29) is 20.1 Å². The lowest BCUT2D eigenvalue weighted by molar-refractivity contribution is 0.0240. The van der Waals surface area contributed by atoms with Crippen LogP contribution < -0.4 is 19.9 Å². The highest BCUT2D eigenvalue weighted by Gasteiger charge is 2.28. The van der Waals surface area contributed by atoms with Crippen molar-refractivity contribution in [3.63, 3.8) is 0 Å². The predicted molar refractivity (Wildman–Crippen MR) is 214 cm³/mol. The molecule has 277 valence electrons. The van der Waals surface area contributed by atoms with Gasteiger partial charge in [-0.3, -0.25) is 14.8 Å². The Labute approximate surface area is 331 Å². The van der Waals surface area contributed by atoms with Gasteiger partial charge in [0.25, 0.3) is 5.56 Å². The smallest absolute Gasteiger partial charge is 0.410 e. The lowest BCUT2D eigenvalue weighted by Crippen LogP contribution is -2.50. The van der Waals surface area contributed by atoms with Crippen LogP contribution in [0.1, 0.15) is 20.8 Å². The van der Waals surface area contributed by atoms with Crippen LogP contribution in [0.4, 0.5) is 10.6 Å². The molecule has 0 aromatic carbocycles. The number of aromatic nitrogens is 8. The van der Waals surface area contributed by atoms with Gasteiger partial charge in [-0.25, -0.2) is 29.7 Å². The Bertz CT molecular complexity index is 2330. The molecule has 1 saturated heterocycles. The van der Waals surface area contributed by atoms with E-state index in [4.69, 9.17) is 42.4 Å². The third kappa shape index (κ3) is 10.2. The number of nitrogens with one attached hydrogen (secondary N) is 1. The first-order valence-corrected chi connectivity index (χ1v) is 17.1. The van der Waals surface area contributed by atoms with Crippen molar-refractivity contribution in [2.45, 2.75) is 26.4 Å². The van der Waals surface area contributed by atoms with Crippen molar-refractivity contribution in [2.75, 3.05) is 45.3 Å². The SMILES string of the molecule is COc1cncc2nc(-c3ccnc(Cl)c3)[nH]c(=O)c12.COc1cncc2nc(-c3ccnc(Cl)c3)nc(N3CCN(C(=O)OC(C)(C)C)CC3)c12.[B].[B][B]. The summed E-state index contributed by atoms with van der Waals surface area (Å²) < 4.78 is 16.2. The van der Waals surface area contributed by atoms with Crippen molar-refractivity contribution in [3.8, 4) is 34.3 Å². The van der Waals surface area contributed by atoms with Gasteiger partial charge in [0.05, 0.1) is 49.9 Å². The number of piperazine rings is 1. The molecule has 6 aromatic heterocycles. The molecule has 0 spiro atoms. The van der Waals surface area contributed by atoms with Crippen molar-refractivity contribution in [1.82, 2.24) is 44.8 Å². The largest absolute Gasteiger partial charge is 0.494 e. The molecule has 20 heteroatoms. The maximum atomic E-state index is 12.5. The van der Waals surface area contributed by atoms with Gasteiger partial charge in [0.1, 0.15) is 44.2 Å². The summed E-state index contributed by atoms with van der Waals surface area (Å²) in [7, 11) is 11.1. The zero-order valence-corrected chi connectivity index (χ0v) is 32.2. The quantitative estimate of drug-likeness (QED) is 0.189. The van der Waals surface area contributed by atoms with Crippen LogP contribution in [0.15, 0.2) is 66.2 Å². The molecule has 55 heavy (non-hydrogen) atoms. The molecule has 1 amide bonds. The first-order chi connectivity index (χ1) is 25.9. The van der Waals surface area contributed by atoms with Crippen molar-refractivity contribution >= 4 is 80.8 Å². The lowest BCUT2D eigenvalue weighted by atomic mass is 9.81. The Hall–Kier alpha value is -5.48. The standard InChI is InChI=1S/C22H25ClN6O3.C13H9ClN4O2.B2.B/c1-22(2,3)32-21(30)29-9-7-28(8-10-29)20-18-15(12-24-13-16(18)31-4)26-19(27-20)14-5-6-25-17(23)11-14;1-20-9-6-15-5-8-11(9)13(19)18-12(17-8)7-2-3-16-10(14)4-7;1-2;/h5-6,11-13H,7-10H2,1-4H3;2-6H,1H3,(H,17,18,19);;. The van der Waals surface area contributed by atoms with Crippen LogP contribution in [0.3, 0.4) is 0 Å². The number of hydrogen-bond donors (Lipinski definition) is 1. The number of ether oxygens (including phenoxy) is 3. The Morgan fingerprint density at radius 1 is 0.800 bits per heavy atom. The number of rotatable bonds is 5. The van der Waals surface area contributed by atoms with Gasteiger partial charge in [-0.2, -0.15) is 0 Å². The van der Waals surface area contributed by atoms with Crippen LogP contribution in [0.25, 0.3) is 44.6 Å². The molecular formula is C35H34B3Cl2N10O5. The highest BCUT2D eigenvalue weighted by Crippen LogP contribution is 2.34. The summed E-state index contributed by atoms with van der Waals surface area (Å²) in [5.41, 5.74) is 1.72. The minimum atomic E-state index is -0.530. The molecule has 7 heterocycles. The molecule has 7 radical (unpaired) electrons. The fraction of sp³-hybridized carbons (Fsp3) is 0.286. The number of carbonyl (C=O) groups is 1. The van der Waals surface area contributed by atoms with Gasteiger partial charge in [-0.15, -0.1) is 0 Å². The molecule has 7 rings (SSSR count). The van der Waals surface area contributed by atoms with Crippen LogP contribution in [-0.4, -0.2) is 121 Å². The fourth-order valence-electron chi connectivity index (χ4n) is 5.42. The average Bonchev–Trinajstić information content (AvgIpc) is 3.17. The van der Waals surface area contributed by atoms with E-state index in [2.05, 4.69) is 55.3 Å². The molecule has 1 N–H and O–H groups in total. The number of hydrogen-bond acceptors (Lipinski definition) is 13. The van der Waals surface area contributed by atoms with Crippen molar-refractivity contribution < 1.29 is 19.0 Å². The Morgan fingerprint density at radius 2 is 1.35 bits per heavy atom. The molecule has 0 bridgehead atoms. The van der Waals surface area contributed by atoms with E-state index in [1.54, 1.807) is 55.0 Å².